The molecule has 177 valence electrons. The molecule has 2 aliphatic carbocycles. The first-order valence-electron chi connectivity index (χ1n) is 12.3. The molecule has 1 aromatic heterocycles. The van der Waals surface area contributed by atoms with Crippen LogP contribution >= 0.6 is 0 Å². The molecule has 3 aromatic rings. The molecule has 35 heavy (non-hydrogen) atoms. The van der Waals surface area contributed by atoms with E-state index < -0.39 is 0 Å². The van der Waals surface area contributed by atoms with E-state index in [2.05, 4.69) is 38.5 Å². The van der Waals surface area contributed by atoms with Gasteiger partial charge in [-0.15, -0.1) is 18.2 Å². The third kappa shape index (κ3) is 7.50. The number of amides is 1. The molecule has 2 N–H and O–H groups in total. The Kier molecular flexibility index (Phi) is 9.12. The molecule has 0 saturated heterocycles. The van der Waals surface area contributed by atoms with Crippen molar-refractivity contribution in [1.29, 1.82) is 0 Å². The summed E-state index contributed by atoms with van der Waals surface area (Å²) in [5.74, 6) is 7.20. The third-order valence-corrected chi connectivity index (χ3v) is 6.23. The zero-order valence-corrected chi connectivity index (χ0v) is 22.7. The minimum atomic E-state index is -0.325. The van der Waals surface area contributed by atoms with Gasteiger partial charge in [0.25, 0.3) is 5.91 Å². The normalized spacial score (nSPS) is 16.1. The first-order chi connectivity index (χ1) is 16.7. The van der Waals surface area contributed by atoms with Crippen molar-refractivity contribution < 1.29 is 42.2 Å². The molecule has 2 aliphatic rings. The van der Waals surface area contributed by atoms with Gasteiger partial charge in [-0.1, -0.05) is 30.6 Å². The molecule has 0 unspecified atom stereocenters. The summed E-state index contributed by atoms with van der Waals surface area (Å²) < 4.78 is 6.25. The second-order valence-corrected chi connectivity index (χ2v) is 9.09. The monoisotopic (exact) mass is 542 g/mol. The Labute approximate surface area is 231 Å². The van der Waals surface area contributed by atoms with Crippen molar-refractivity contribution in [3.63, 3.8) is 0 Å². The van der Waals surface area contributed by atoms with Gasteiger partial charge in [-0.2, -0.15) is 0 Å². The molecular formula is C28H29N4O2Y-. The molecule has 5 rings (SSSR count). The number of hydrogen-bond acceptors (Lipinski definition) is 5. The van der Waals surface area contributed by atoms with Crippen LogP contribution in [0.4, 0.5) is 17.2 Å². The van der Waals surface area contributed by atoms with Crippen molar-refractivity contribution in [1.82, 2.24) is 9.97 Å². The zero-order valence-electron chi connectivity index (χ0n) is 19.8. The van der Waals surface area contributed by atoms with E-state index in [1.165, 1.54) is 38.4 Å². The van der Waals surface area contributed by atoms with Crippen molar-refractivity contribution in [2.75, 3.05) is 10.6 Å². The van der Waals surface area contributed by atoms with Gasteiger partial charge in [0.2, 0.25) is 0 Å². The maximum absolute atomic E-state index is 12.1. The van der Waals surface area contributed by atoms with E-state index in [0.29, 0.717) is 28.9 Å². The topological polar surface area (TPSA) is 76.1 Å². The molecular weight excluding hydrogens is 513 g/mol. The second kappa shape index (κ2) is 12.5. The van der Waals surface area contributed by atoms with Crippen LogP contribution in [0.5, 0.6) is 5.75 Å². The quantitative estimate of drug-likeness (QED) is 0.305. The fraction of sp³-hybridized carbons (Fsp3) is 0.393. The second-order valence-electron chi connectivity index (χ2n) is 9.09. The van der Waals surface area contributed by atoms with Gasteiger partial charge in [0, 0.05) is 44.3 Å². The number of nitrogens with zero attached hydrogens (tertiary/aromatic N) is 2. The van der Waals surface area contributed by atoms with E-state index in [4.69, 9.17) is 4.74 Å². The molecule has 0 spiro atoms. The predicted octanol–water partition coefficient (Wildman–Crippen LogP) is 6.01. The average molecular weight is 542 g/mol. The van der Waals surface area contributed by atoms with Gasteiger partial charge in [0.05, 0.1) is 18.2 Å². The number of nitrogens with one attached hydrogen (secondary N) is 2. The third-order valence-electron chi connectivity index (χ3n) is 6.23. The molecule has 1 radical (unpaired) electrons. The molecule has 2 fully saturated rings. The number of ether oxygens (including phenoxy) is 1. The van der Waals surface area contributed by atoms with Crippen LogP contribution in [0.3, 0.4) is 0 Å². The number of fused-ring (bicyclic) bond motifs is 1. The van der Waals surface area contributed by atoms with Crippen LogP contribution in [0.25, 0.3) is 10.9 Å². The van der Waals surface area contributed by atoms with Crippen LogP contribution in [0, 0.1) is 23.8 Å². The molecule has 1 heterocycles. The summed E-state index contributed by atoms with van der Waals surface area (Å²) in [6, 6.07) is 14.8. The first kappa shape index (κ1) is 25.6. The Morgan fingerprint density at radius 2 is 1.69 bits per heavy atom. The van der Waals surface area contributed by atoms with Crippen molar-refractivity contribution in [3.05, 3.63) is 48.8 Å². The minimum Gasteiger partial charge on any atom is -0.490 e. The van der Waals surface area contributed by atoms with Crippen LogP contribution < -0.4 is 15.4 Å². The molecule has 2 aromatic carbocycles. The van der Waals surface area contributed by atoms with Gasteiger partial charge >= 0.3 is 0 Å². The molecule has 7 heteroatoms. The van der Waals surface area contributed by atoms with E-state index in [0.717, 1.165) is 42.6 Å². The summed E-state index contributed by atoms with van der Waals surface area (Å²) >= 11 is 0. The summed E-state index contributed by atoms with van der Waals surface area (Å²) in [7, 11) is 0. The number of rotatable bonds is 5. The summed E-state index contributed by atoms with van der Waals surface area (Å²) in [5.41, 5.74) is 2.18. The molecule has 0 aliphatic heterocycles. The molecule has 0 atom stereocenters. The predicted molar refractivity (Wildman–Crippen MR) is 134 cm³/mol. The standard InChI is InChI=1S/C28H29N4O2.Y/c33-27(17-10-20-8-9-20)31-22-13-16-26-25(18-22)28(30-19-29-26)32-21-11-14-24(15-12-21)34-23-6-4-2-1-3-5-7-23;/h11-16,19-20,23H,1-9H2,(H,31,33)(H,29,30,32);/q-1;. The number of benzene rings is 2. The molecule has 0 bridgehead atoms. The summed E-state index contributed by atoms with van der Waals surface area (Å²) in [6.45, 7) is 0. The summed E-state index contributed by atoms with van der Waals surface area (Å²) in [6.07, 6.45) is 12.7. The van der Waals surface area contributed by atoms with Crippen molar-refractivity contribution in [2.24, 2.45) is 5.92 Å². The Hall–Kier alpha value is -2.49. The van der Waals surface area contributed by atoms with E-state index >= 15 is 0 Å². The van der Waals surface area contributed by atoms with Gasteiger partial charge in [-0.25, -0.2) is 0 Å². The van der Waals surface area contributed by atoms with Gasteiger partial charge in [-0.05, 0) is 79.9 Å². The van der Waals surface area contributed by atoms with Gasteiger partial charge in [0.15, 0.2) is 0 Å². The van der Waals surface area contributed by atoms with Crippen molar-refractivity contribution >= 4 is 34.0 Å². The maximum atomic E-state index is 12.1. The fourth-order valence-electron chi connectivity index (χ4n) is 4.19. The number of aromatic nitrogens is 2. The number of carbonyl (C=O) groups excluding carboxylic acids is 1. The Bertz CT molecular complexity index is 1210. The Morgan fingerprint density at radius 3 is 2.43 bits per heavy atom. The van der Waals surface area contributed by atoms with Crippen molar-refractivity contribution in [3.8, 4) is 17.6 Å². The number of hydrogen-bond donors (Lipinski definition) is 2. The van der Waals surface area contributed by atoms with Gasteiger partial charge in [-0.3, -0.25) is 14.8 Å². The molecule has 2 saturated carbocycles. The van der Waals surface area contributed by atoms with E-state index in [9.17, 15) is 4.79 Å². The number of anilines is 3. The minimum absolute atomic E-state index is 0. The van der Waals surface area contributed by atoms with Crippen LogP contribution in [0.1, 0.15) is 57.8 Å². The molecule has 1 amide bonds. The van der Waals surface area contributed by atoms with E-state index in [1.807, 2.05) is 30.3 Å². The van der Waals surface area contributed by atoms with E-state index in [-0.39, 0.29) is 38.6 Å². The zero-order chi connectivity index (χ0) is 23.2. The van der Waals surface area contributed by atoms with Crippen LogP contribution in [0.2, 0.25) is 0 Å². The SMILES string of the molecule is O=C(C#CC1CC1)Nc1[c-]c2c(Nc3ccc(OC4CCCCCCC4)cc3)ncnc2cc1.[Y]. The van der Waals surface area contributed by atoms with E-state index in [1.54, 1.807) is 6.07 Å². The Balaban J connectivity index is 0.00000289. The number of carbonyl (C=O) groups is 1. The summed E-state index contributed by atoms with van der Waals surface area (Å²) in [5, 5.41) is 6.84. The molecule has 6 nitrogen and oxygen atoms in total. The van der Waals surface area contributed by atoms with Crippen LogP contribution in [-0.2, 0) is 37.5 Å². The fourth-order valence-corrected chi connectivity index (χ4v) is 4.19. The maximum Gasteiger partial charge on any atom is 0.298 e. The van der Waals surface area contributed by atoms with Crippen LogP contribution in [0.15, 0.2) is 42.7 Å². The Morgan fingerprint density at radius 1 is 0.943 bits per heavy atom. The van der Waals surface area contributed by atoms with Gasteiger partial charge in [0.1, 0.15) is 5.75 Å². The average Bonchev–Trinajstić information content (AvgIpc) is 3.66. The van der Waals surface area contributed by atoms with Crippen molar-refractivity contribution in [2.45, 2.75) is 63.9 Å². The van der Waals surface area contributed by atoms with Crippen LogP contribution in [-0.4, -0.2) is 22.0 Å². The first-order valence-corrected chi connectivity index (χ1v) is 12.3. The summed E-state index contributed by atoms with van der Waals surface area (Å²) in [4.78, 5) is 20.8. The smallest absolute Gasteiger partial charge is 0.298 e. The largest absolute Gasteiger partial charge is 0.490 e. The van der Waals surface area contributed by atoms with Gasteiger partial charge < -0.3 is 15.4 Å².